The van der Waals surface area contributed by atoms with Gasteiger partial charge < -0.3 is 15.0 Å². The Morgan fingerprint density at radius 2 is 1.94 bits per heavy atom. The Kier molecular flexibility index (Phi) is 7.42. The zero-order valence-corrected chi connectivity index (χ0v) is 20.1. The molecule has 2 aliphatic heterocycles. The molecule has 2 fully saturated rings. The largest absolute Gasteiger partial charge is 0.489 e. The molecule has 1 aliphatic carbocycles. The molecule has 0 spiro atoms. The summed E-state index contributed by atoms with van der Waals surface area (Å²) >= 11 is 0. The summed E-state index contributed by atoms with van der Waals surface area (Å²) < 4.78 is 6.13. The lowest BCUT2D eigenvalue weighted by Crippen LogP contribution is -2.47. The number of benzene rings is 1. The van der Waals surface area contributed by atoms with Gasteiger partial charge in [0.2, 0.25) is 11.8 Å². The molecule has 7 heteroatoms. The minimum atomic E-state index is 0.123. The van der Waals surface area contributed by atoms with E-state index < -0.39 is 0 Å². The molecule has 1 aromatic heterocycles. The first-order valence-electron chi connectivity index (χ1n) is 12.7. The summed E-state index contributed by atoms with van der Waals surface area (Å²) in [6, 6.07) is 14.3. The summed E-state index contributed by atoms with van der Waals surface area (Å²) in [5.41, 5.74) is 1.99. The van der Waals surface area contributed by atoms with Gasteiger partial charge in [-0.2, -0.15) is 0 Å². The fourth-order valence-corrected chi connectivity index (χ4v) is 5.05. The molecule has 1 saturated heterocycles. The molecule has 2 bridgehead atoms. The molecule has 2 aromatic rings. The molecule has 2 amide bonds. The summed E-state index contributed by atoms with van der Waals surface area (Å²) in [7, 11) is 0. The van der Waals surface area contributed by atoms with Gasteiger partial charge in [-0.15, -0.1) is 0 Å². The van der Waals surface area contributed by atoms with E-state index in [1.54, 1.807) is 6.20 Å². The molecule has 35 heavy (non-hydrogen) atoms. The summed E-state index contributed by atoms with van der Waals surface area (Å²) in [6.07, 6.45) is 9.52. The van der Waals surface area contributed by atoms with E-state index in [1.165, 1.54) is 0 Å². The van der Waals surface area contributed by atoms with Crippen LogP contribution in [0.25, 0.3) is 0 Å². The van der Waals surface area contributed by atoms with E-state index in [9.17, 15) is 9.59 Å². The van der Waals surface area contributed by atoms with Gasteiger partial charge in [0, 0.05) is 50.4 Å². The van der Waals surface area contributed by atoms with Gasteiger partial charge in [-0.05, 0) is 49.3 Å². The number of nitrogens with zero attached hydrogens (tertiary/aromatic N) is 3. The molecule has 7 nitrogen and oxygen atoms in total. The lowest BCUT2D eigenvalue weighted by Gasteiger charge is -2.38. The van der Waals surface area contributed by atoms with Crippen LogP contribution in [0.3, 0.4) is 0 Å². The third kappa shape index (κ3) is 6.48. The van der Waals surface area contributed by atoms with Gasteiger partial charge >= 0.3 is 0 Å². The van der Waals surface area contributed by atoms with E-state index >= 15 is 0 Å². The third-order valence-corrected chi connectivity index (χ3v) is 7.10. The number of carbonyl (C=O) groups is 2. The summed E-state index contributed by atoms with van der Waals surface area (Å²) in [5.74, 6) is 1.47. The number of ether oxygens (including phenoxy) is 1. The maximum Gasteiger partial charge on any atom is 0.236 e. The molecule has 5 rings (SSSR count). The number of amides is 2. The first kappa shape index (κ1) is 23.5. The van der Waals surface area contributed by atoms with E-state index in [0.29, 0.717) is 51.8 Å². The summed E-state index contributed by atoms with van der Waals surface area (Å²) in [5, 5.41) is 3.12. The quantitative estimate of drug-likeness (QED) is 0.674. The number of rotatable bonds is 5. The molecule has 184 valence electrons. The number of piperidine rings is 1. The average Bonchev–Trinajstić information content (AvgIpc) is 3.67. The highest BCUT2D eigenvalue weighted by Gasteiger charge is 2.33. The molecule has 0 radical (unpaired) electrons. The van der Waals surface area contributed by atoms with Gasteiger partial charge in [0.05, 0.1) is 12.2 Å². The number of nitrogens with one attached hydrogen (secondary N) is 1. The monoisotopic (exact) mass is 474 g/mol. The minimum absolute atomic E-state index is 0.123. The van der Waals surface area contributed by atoms with Crippen molar-refractivity contribution >= 4 is 11.8 Å². The van der Waals surface area contributed by atoms with Crippen molar-refractivity contribution in [3.8, 4) is 5.75 Å². The predicted molar refractivity (Wildman–Crippen MR) is 133 cm³/mol. The van der Waals surface area contributed by atoms with Crippen molar-refractivity contribution in [2.24, 2.45) is 11.8 Å². The van der Waals surface area contributed by atoms with Crippen molar-refractivity contribution in [1.82, 2.24) is 20.1 Å². The van der Waals surface area contributed by atoms with Gasteiger partial charge in [0.25, 0.3) is 0 Å². The molecule has 1 aromatic carbocycles. The van der Waals surface area contributed by atoms with Crippen LogP contribution in [0.4, 0.5) is 0 Å². The zero-order chi connectivity index (χ0) is 24.0. The van der Waals surface area contributed by atoms with Crippen LogP contribution in [0.2, 0.25) is 0 Å². The zero-order valence-electron chi connectivity index (χ0n) is 20.1. The van der Waals surface area contributed by atoms with Crippen molar-refractivity contribution in [3.05, 3.63) is 72.1 Å². The average molecular weight is 475 g/mol. The second-order valence-electron chi connectivity index (χ2n) is 9.91. The Balaban J connectivity index is 1.35. The van der Waals surface area contributed by atoms with Crippen LogP contribution in [-0.2, 0) is 22.7 Å². The first-order chi connectivity index (χ1) is 17.1. The molecule has 3 heterocycles. The number of pyridine rings is 1. The van der Waals surface area contributed by atoms with Gasteiger partial charge in [-0.25, -0.2) is 0 Å². The third-order valence-electron chi connectivity index (χ3n) is 7.10. The molecule has 0 unspecified atom stereocenters. The normalized spacial score (nSPS) is 24.2. The van der Waals surface area contributed by atoms with Crippen LogP contribution in [0.5, 0.6) is 5.75 Å². The van der Waals surface area contributed by atoms with Crippen molar-refractivity contribution in [2.45, 2.75) is 44.8 Å². The number of aromatic nitrogens is 1. The highest BCUT2D eigenvalue weighted by atomic mass is 16.5. The molecule has 3 aliphatic rings. The topological polar surface area (TPSA) is 74.8 Å². The van der Waals surface area contributed by atoms with Gasteiger partial charge in [-0.3, -0.25) is 19.5 Å². The number of hydrogen-bond donors (Lipinski definition) is 1. The van der Waals surface area contributed by atoms with Gasteiger partial charge in [0.15, 0.2) is 0 Å². The number of fused-ring (bicyclic) bond motifs is 3. The van der Waals surface area contributed by atoms with Crippen molar-refractivity contribution < 1.29 is 14.3 Å². The number of hydrogen-bond acceptors (Lipinski definition) is 5. The lowest BCUT2D eigenvalue weighted by molar-refractivity contribution is -0.135. The van der Waals surface area contributed by atoms with Crippen molar-refractivity contribution in [2.75, 3.05) is 26.2 Å². The Hall–Kier alpha value is -3.19. The number of para-hydroxylation sites is 1. The Morgan fingerprint density at radius 3 is 2.77 bits per heavy atom. The van der Waals surface area contributed by atoms with E-state index in [0.717, 1.165) is 36.3 Å². The molecule has 1 N–H and O–H groups in total. The smallest absolute Gasteiger partial charge is 0.236 e. The molecule has 1 saturated carbocycles. The Morgan fingerprint density at radius 1 is 1.09 bits per heavy atom. The van der Waals surface area contributed by atoms with Crippen LogP contribution >= 0.6 is 0 Å². The van der Waals surface area contributed by atoms with Crippen LogP contribution in [0.15, 0.2) is 60.8 Å². The van der Waals surface area contributed by atoms with Gasteiger partial charge in [0.1, 0.15) is 12.4 Å². The van der Waals surface area contributed by atoms with E-state index in [-0.39, 0.29) is 23.7 Å². The highest BCUT2D eigenvalue weighted by Crippen LogP contribution is 2.30. The highest BCUT2D eigenvalue weighted by molar-refractivity contribution is 5.79. The summed E-state index contributed by atoms with van der Waals surface area (Å²) in [6.45, 7) is 3.29. The van der Waals surface area contributed by atoms with Crippen LogP contribution in [0.1, 0.15) is 36.9 Å². The fourth-order valence-electron chi connectivity index (χ4n) is 5.05. The van der Waals surface area contributed by atoms with E-state index in [2.05, 4.69) is 27.3 Å². The predicted octanol–water partition coefficient (Wildman–Crippen LogP) is 3.17. The minimum Gasteiger partial charge on any atom is -0.489 e. The molecular formula is C28H34N4O3. The van der Waals surface area contributed by atoms with Crippen LogP contribution in [0, 0.1) is 11.8 Å². The SMILES string of the molecule is O=C(C[C@@H]1CCN2C[C@@H]1/C=C\COc1ccccc1CN(Cc1ccccn1)CC2=O)NC1CC1. The maximum absolute atomic E-state index is 13.5. The first-order valence-corrected chi connectivity index (χ1v) is 12.7. The Labute approximate surface area is 207 Å². The number of carbonyl (C=O) groups excluding carboxylic acids is 2. The molecule has 2 atom stereocenters. The standard InChI is InChI=1S/C28H34N4O3/c33-27(30-24-10-11-24)16-21-12-14-32-18-22(21)7-5-15-35-26-9-2-1-6-23(26)17-31(20-28(32)34)19-25-8-3-4-13-29-25/h1-9,13,21-22,24H,10-12,14-20H2,(H,30,33)/b7-5-/t21-,22-/m0/s1. The second kappa shape index (κ2) is 11.0. The van der Waals surface area contributed by atoms with Gasteiger partial charge in [-0.1, -0.05) is 36.4 Å². The maximum atomic E-state index is 13.5. The molecular weight excluding hydrogens is 440 g/mol. The lowest BCUT2D eigenvalue weighted by atomic mass is 9.82. The Bertz CT molecular complexity index is 1050. The van der Waals surface area contributed by atoms with Crippen LogP contribution < -0.4 is 10.1 Å². The van der Waals surface area contributed by atoms with Crippen molar-refractivity contribution in [3.63, 3.8) is 0 Å². The summed E-state index contributed by atoms with van der Waals surface area (Å²) in [4.78, 5) is 34.6. The fraction of sp³-hybridized carbons (Fsp3) is 0.464. The van der Waals surface area contributed by atoms with E-state index in [1.807, 2.05) is 47.4 Å². The van der Waals surface area contributed by atoms with Crippen molar-refractivity contribution in [1.29, 1.82) is 0 Å². The van der Waals surface area contributed by atoms with E-state index in [4.69, 9.17) is 4.74 Å². The second-order valence-corrected chi connectivity index (χ2v) is 9.91. The van der Waals surface area contributed by atoms with Crippen LogP contribution in [-0.4, -0.2) is 58.9 Å².